The molecule has 0 fully saturated rings. The lowest BCUT2D eigenvalue weighted by Gasteiger charge is -2.12. The van der Waals surface area contributed by atoms with Crippen molar-refractivity contribution in [3.63, 3.8) is 0 Å². The number of aliphatic imine (C=N–C) groups is 7. The lowest BCUT2D eigenvalue weighted by atomic mass is 10.1. The van der Waals surface area contributed by atoms with E-state index in [0.717, 1.165) is 77.0 Å². The number of nitrogens with zero attached hydrogens (tertiary/aromatic N) is 10. The fourth-order valence-corrected chi connectivity index (χ4v) is 6.31. The van der Waals surface area contributed by atoms with E-state index in [9.17, 15) is 15.8 Å². The number of nitriles is 3. The van der Waals surface area contributed by atoms with E-state index in [1.807, 2.05) is 0 Å². The molecule has 0 amide bonds. The topological polar surface area (TPSA) is 242 Å². The number of nitrogens with one attached hydrogen (secondary N) is 6. The number of hydrogen-bond acceptors (Lipinski definition) is 16. The summed E-state index contributed by atoms with van der Waals surface area (Å²) >= 11 is 0. The van der Waals surface area contributed by atoms with Crippen LogP contribution in [0.3, 0.4) is 0 Å². The van der Waals surface area contributed by atoms with E-state index in [1.165, 1.54) is 0 Å². The van der Waals surface area contributed by atoms with Gasteiger partial charge < -0.3 is 26.6 Å². The summed E-state index contributed by atoms with van der Waals surface area (Å²) in [5, 5.41) is 56.7. The Morgan fingerprint density at radius 2 is 0.875 bits per heavy atom. The molecule has 0 unspecified atom stereocenters. The van der Waals surface area contributed by atoms with Crippen molar-refractivity contribution < 1.29 is 0 Å². The molecule has 16 nitrogen and oxygen atoms in total. The Morgan fingerprint density at radius 3 is 1.41 bits per heavy atom. The van der Waals surface area contributed by atoms with E-state index < -0.39 is 0 Å². The lowest BCUT2D eigenvalue weighted by Crippen LogP contribution is -2.36. The van der Waals surface area contributed by atoms with E-state index in [-0.39, 0.29) is 69.0 Å². The van der Waals surface area contributed by atoms with Crippen molar-refractivity contribution in [2.45, 2.75) is 105 Å². The van der Waals surface area contributed by atoms with E-state index in [0.29, 0.717) is 49.0 Å². The van der Waals surface area contributed by atoms with Gasteiger partial charge in [0.05, 0.1) is 5.70 Å². The summed E-state index contributed by atoms with van der Waals surface area (Å²) in [6, 6.07) is 6.83. The van der Waals surface area contributed by atoms with Crippen molar-refractivity contribution in [3.05, 3.63) is 50.9 Å². The van der Waals surface area contributed by atoms with Crippen LogP contribution < -0.4 is 26.6 Å². The molecule has 5 rings (SSSR count). The smallest absolute Gasteiger partial charge is 0.181 e. The second kappa shape index (κ2) is 20.3. The normalized spacial score (nSPS) is 17.2. The molecule has 5 heterocycles. The minimum atomic E-state index is 0.0648. The van der Waals surface area contributed by atoms with E-state index in [1.54, 1.807) is 0 Å². The Hall–Kier alpha value is -6.43. The zero-order valence-electron chi connectivity index (χ0n) is 32.8. The molecule has 0 aromatic rings. The molecule has 5 aliphatic heterocycles. The highest BCUT2D eigenvalue weighted by Crippen LogP contribution is 2.29. The Kier molecular flexibility index (Phi) is 14.8. The summed E-state index contributed by atoms with van der Waals surface area (Å²) in [5.41, 5.74) is 2.37. The van der Waals surface area contributed by atoms with Gasteiger partial charge in [-0.2, -0.15) is 15.8 Å². The first kappa shape index (κ1) is 40.7. The molecule has 16 heteroatoms. The third kappa shape index (κ3) is 9.26. The monoisotopic (exact) mass is 754 g/mol. The molecular formula is C40H50N16. The van der Waals surface area contributed by atoms with Crippen LogP contribution >= 0.6 is 0 Å². The number of fused-ring (bicyclic) bond motifs is 4. The van der Waals surface area contributed by atoms with E-state index in [4.69, 9.17) is 40.4 Å². The lowest BCUT2D eigenvalue weighted by molar-refractivity contribution is 0.670. The number of rotatable bonds is 20. The van der Waals surface area contributed by atoms with Gasteiger partial charge in [-0.15, -0.1) is 0 Å². The first-order valence-corrected chi connectivity index (χ1v) is 19.8. The predicted octanol–water partition coefficient (Wildman–Crippen LogP) is 5.23. The fraction of sp³-hybridized carbons (Fsp3) is 0.500. The summed E-state index contributed by atoms with van der Waals surface area (Å²) in [7, 11) is 0. The second-order valence-electron chi connectivity index (χ2n) is 13.5. The van der Waals surface area contributed by atoms with Gasteiger partial charge in [0.15, 0.2) is 46.7 Å². The third-order valence-corrected chi connectivity index (χ3v) is 9.34. The van der Waals surface area contributed by atoms with Gasteiger partial charge in [0.2, 0.25) is 0 Å². The molecular weight excluding hydrogens is 705 g/mol. The molecule has 0 aromatic heterocycles. The van der Waals surface area contributed by atoms with Crippen molar-refractivity contribution in [1.82, 2.24) is 26.6 Å². The van der Waals surface area contributed by atoms with Gasteiger partial charge in [-0.05, 0) is 31.6 Å². The average Bonchev–Trinajstić information content (AvgIpc) is 3.91. The standard InChI is InChI=1S/C40H50N16/c1-5-9-13-17-45-29-25(21-41)33-49-37(29)53-34-26(22-42)30(46-18-14-10-6-2)39(50-34)55-36-28(24-44)32(48-20-16-12-8-4)40(52-36)56-35-27(23-43)31(38(51-35)54-33)47-19-15-11-7-3/h41,45-48H,5-20H2,1-4H3,(H,49,50,51,52,53,54,55,56). The number of amidine groups is 7. The van der Waals surface area contributed by atoms with Gasteiger partial charge in [0.25, 0.3) is 0 Å². The first-order chi connectivity index (χ1) is 27.5. The molecule has 8 bridgehead atoms. The van der Waals surface area contributed by atoms with Crippen LogP contribution in [0.25, 0.3) is 0 Å². The highest BCUT2D eigenvalue weighted by Gasteiger charge is 2.35. The van der Waals surface area contributed by atoms with Gasteiger partial charge >= 0.3 is 0 Å². The molecule has 0 saturated carbocycles. The summed E-state index contributed by atoms with van der Waals surface area (Å²) in [5.74, 6) is 3.65. The summed E-state index contributed by atoms with van der Waals surface area (Å²) in [6.45, 7) is 10.7. The summed E-state index contributed by atoms with van der Waals surface area (Å²) < 4.78 is 0. The van der Waals surface area contributed by atoms with Crippen LogP contribution in [0, 0.1) is 39.4 Å². The van der Waals surface area contributed by atoms with Gasteiger partial charge in [-0.1, -0.05) is 79.1 Å². The highest BCUT2D eigenvalue weighted by molar-refractivity contribution is 6.34. The largest absolute Gasteiger partial charge is 0.381 e. The van der Waals surface area contributed by atoms with Crippen LogP contribution in [0.2, 0.25) is 0 Å². The van der Waals surface area contributed by atoms with Gasteiger partial charge in [-0.3, -0.25) is 5.41 Å². The highest BCUT2D eigenvalue weighted by atomic mass is 15.2. The minimum absolute atomic E-state index is 0.0648. The van der Waals surface area contributed by atoms with Crippen molar-refractivity contribution in [3.8, 4) is 18.2 Å². The van der Waals surface area contributed by atoms with Crippen molar-refractivity contribution in [2.75, 3.05) is 26.2 Å². The molecule has 0 aliphatic carbocycles. The molecule has 6 N–H and O–H groups in total. The zero-order valence-corrected chi connectivity index (χ0v) is 32.8. The molecule has 290 valence electrons. The molecule has 5 aliphatic rings. The maximum absolute atomic E-state index is 10.5. The molecule has 0 saturated heterocycles. The van der Waals surface area contributed by atoms with E-state index >= 15 is 0 Å². The van der Waals surface area contributed by atoms with Gasteiger partial charge in [0.1, 0.15) is 57.6 Å². The van der Waals surface area contributed by atoms with Crippen molar-refractivity contribution in [2.24, 2.45) is 34.9 Å². The predicted molar refractivity (Wildman–Crippen MR) is 221 cm³/mol. The van der Waals surface area contributed by atoms with E-state index in [2.05, 4.69) is 78.4 Å². The fourth-order valence-electron chi connectivity index (χ4n) is 6.31. The molecule has 56 heavy (non-hydrogen) atoms. The molecule has 0 atom stereocenters. The minimum Gasteiger partial charge on any atom is -0.381 e. The van der Waals surface area contributed by atoms with Crippen molar-refractivity contribution >= 4 is 46.7 Å². The number of hydrogen-bond donors (Lipinski definition) is 6. The van der Waals surface area contributed by atoms with Crippen LogP contribution in [-0.4, -0.2) is 72.9 Å². The van der Waals surface area contributed by atoms with Crippen molar-refractivity contribution in [1.29, 1.82) is 21.2 Å². The molecule has 0 spiro atoms. The maximum atomic E-state index is 10.5. The SMILES string of the molecule is CCCCCNC1=C2N=C(N=C3N=C(N=C4N=C(NC5=NC(=N2)C(C#N)=C5NCCCCC)C(C#N)=C4NCCCCC)C(C#N)=C3NCCCCC)C1=C=N. The first-order valence-electron chi connectivity index (χ1n) is 19.8. The van der Waals surface area contributed by atoms with Crippen LogP contribution in [0.15, 0.2) is 85.8 Å². The Labute approximate surface area is 328 Å². The zero-order chi connectivity index (χ0) is 39.9. The maximum Gasteiger partial charge on any atom is 0.181 e. The van der Waals surface area contributed by atoms with Crippen LogP contribution in [0.5, 0.6) is 0 Å². The summed E-state index contributed by atoms with van der Waals surface area (Å²) in [4.78, 5) is 33.5. The van der Waals surface area contributed by atoms with Gasteiger partial charge in [-0.25, -0.2) is 34.9 Å². The Bertz CT molecular complexity index is 2100. The van der Waals surface area contributed by atoms with Crippen LogP contribution in [0.1, 0.15) is 105 Å². The van der Waals surface area contributed by atoms with Crippen LogP contribution in [-0.2, 0) is 0 Å². The number of unbranched alkanes of at least 4 members (excludes halogenated alkanes) is 8. The second-order valence-corrected chi connectivity index (χ2v) is 13.5. The Balaban J connectivity index is 1.75. The molecule has 0 radical (unpaired) electrons. The summed E-state index contributed by atoms with van der Waals surface area (Å²) in [6.07, 6.45) is 11.4. The van der Waals surface area contributed by atoms with Crippen LogP contribution in [0.4, 0.5) is 0 Å². The average molecular weight is 755 g/mol. The third-order valence-electron chi connectivity index (χ3n) is 9.34. The Morgan fingerprint density at radius 1 is 0.464 bits per heavy atom. The quantitative estimate of drug-likeness (QED) is 0.0708. The van der Waals surface area contributed by atoms with Gasteiger partial charge in [0, 0.05) is 26.2 Å². The molecule has 0 aromatic carbocycles.